The predicted octanol–water partition coefficient (Wildman–Crippen LogP) is -0.375. The van der Waals surface area contributed by atoms with Crippen molar-refractivity contribution < 1.29 is 9.53 Å². The number of carbonyl (C=O) groups excluding carboxylic acids is 1. The standard InChI is InChI=1S/C11H21N5O2/c1-11(2,3)16-7-9(14-15-16)6-13-4-5-18-8-10(12)17/h7,13H,4-6,8H2,1-3H3,(H2,12,17). The van der Waals surface area contributed by atoms with E-state index in [1.54, 1.807) is 0 Å². The first-order valence-corrected chi connectivity index (χ1v) is 5.88. The van der Waals surface area contributed by atoms with Crippen molar-refractivity contribution in [2.75, 3.05) is 19.8 Å². The molecule has 7 nitrogen and oxygen atoms in total. The molecule has 0 spiro atoms. The molecule has 3 N–H and O–H groups in total. The fourth-order valence-corrected chi connectivity index (χ4v) is 1.24. The first kappa shape index (κ1) is 14.6. The van der Waals surface area contributed by atoms with Gasteiger partial charge in [-0.2, -0.15) is 0 Å². The van der Waals surface area contributed by atoms with E-state index in [4.69, 9.17) is 10.5 Å². The molecule has 1 aromatic rings. The first-order valence-electron chi connectivity index (χ1n) is 5.88. The largest absolute Gasteiger partial charge is 0.370 e. The lowest BCUT2D eigenvalue weighted by atomic mass is 10.1. The number of nitrogens with zero attached hydrogens (tertiary/aromatic N) is 3. The Balaban J connectivity index is 2.20. The van der Waals surface area contributed by atoms with E-state index in [0.29, 0.717) is 19.7 Å². The van der Waals surface area contributed by atoms with Crippen LogP contribution in [0.25, 0.3) is 0 Å². The summed E-state index contributed by atoms with van der Waals surface area (Å²) in [6, 6.07) is 0. The number of aromatic nitrogens is 3. The number of carbonyl (C=O) groups is 1. The van der Waals surface area contributed by atoms with E-state index >= 15 is 0 Å². The van der Waals surface area contributed by atoms with Crippen molar-refractivity contribution in [3.8, 4) is 0 Å². The fourth-order valence-electron chi connectivity index (χ4n) is 1.24. The van der Waals surface area contributed by atoms with Gasteiger partial charge in [-0.1, -0.05) is 5.21 Å². The molecule has 0 aromatic carbocycles. The Bertz CT molecular complexity index is 383. The highest BCUT2D eigenvalue weighted by Gasteiger charge is 2.14. The molecule has 0 unspecified atom stereocenters. The maximum atomic E-state index is 10.4. The number of amides is 1. The van der Waals surface area contributed by atoms with Crippen LogP contribution in [-0.2, 0) is 21.6 Å². The van der Waals surface area contributed by atoms with E-state index in [2.05, 4.69) is 36.4 Å². The molecule has 0 aliphatic rings. The van der Waals surface area contributed by atoms with Crippen molar-refractivity contribution in [3.63, 3.8) is 0 Å². The van der Waals surface area contributed by atoms with Gasteiger partial charge in [0.2, 0.25) is 5.91 Å². The third kappa shape index (κ3) is 5.24. The van der Waals surface area contributed by atoms with Crippen LogP contribution in [0, 0.1) is 0 Å². The minimum absolute atomic E-state index is 0.0398. The van der Waals surface area contributed by atoms with Gasteiger partial charge < -0.3 is 15.8 Å². The Hall–Kier alpha value is -1.47. The van der Waals surface area contributed by atoms with Gasteiger partial charge in [0.15, 0.2) is 0 Å². The zero-order chi connectivity index (χ0) is 13.6. The minimum atomic E-state index is -0.455. The number of ether oxygens (including phenoxy) is 1. The van der Waals surface area contributed by atoms with Crippen LogP contribution in [0.5, 0.6) is 0 Å². The number of hydrogen-bond donors (Lipinski definition) is 2. The summed E-state index contributed by atoms with van der Waals surface area (Å²) < 4.78 is 6.84. The van der Waals surface area contributed by atoms with Gasteiger partial charge in [0.25, 0.3) is 0 Å². The van der Waals surface area contributed by atoms with Crippen LogP contribution >= 0.6 is 0 Å². The van der Waals surface area contributed by atoms with Gasteiger partial charge in [-0.15, -0.1) is 5.10 Å². The SMILES string of the molecule is CC(C)(C)n1cc(CNCCOCC(N)=O)nn1. The van der Waals surface area contributed by atoms with Crippen LogP contribution in [0.1, 0.15) is 26.5 Å². The van der Waals surface area contributed by atoms with Gasteiger partial charge in [0, 0.05) is 13.1 Å². The molecule has 0 atom stereocenters. The third-order valence-corrected chi connectivity index (χ3v) is 2.20. The zero-order valence-corrected chi connectivity index (χ0v) is 11.1. The molecule has 0 saturated heterocycles. The molecule has 18 heavy (non-hydrogen) atoms. The van der Waals surface area contributed by atoms with Crippen LogP contribution in [-0.4, -0.2) is 40.7 Å². The van der Waals surface area contributed by atoms with E-state index in [-0.39, 0.29) is 12.1 Å². The minimum Gasteiger partial charge on any atom is -0.370 e. The average molecular weight is 255 g/mol. The van der Waals surface area contributed by atoms with Gasteiger partial charge >= 0.3 is 0 Å². The van der Waals surface area contributed by atoms with Gasteiger partial charge in [-0.3, -0.25) is 4.79 Å². The molecule has 1 rings (SSSR count). The summed E-state index contributed by atoms with van der Waals surface area (Å²) in [4.78, 5) is 10.4. The highest BCUT2D eigenvalue weighted by molar-refractivity contribution is 5.74. The molecular formula is C11H21N5O2. The lowest BCUT2D eigenvalue weighted by molar-refractivity contribution is -0.122. The fraction of sp³-hybridized carbons (Fsp3) is 0.727. The van der Waals surface area contributed by atoms with Crippen molar-refractivity contribution in [1.82, 2.24) is 20.3 Å². The highest BCUT2D eigenvalue weighted by Crippen LogP contribution is 2.11. The van der Waals surface area contributed by atoms with Gasteiger partial charge in [-0.25, -0.2) is 4.68 Å². The van der Waals surface area contributed by atoms with Gasteiger partial charge in [-0.05, 0) is 20.8 Å². The van der Waals surface area contributed by atoms with Crippen molar-refractivity contribution >= 4 is 5.91 Å². The molecule has 0 radical (unpaired) electrons. The molecule has 1 heterocycles. The molecule has 0 fully saturated rings. The van der Waals surface area contributed by atoms with Crippen molar-refractivity contribution in [1.29, 1.82) is 0 Å². The summed E-state index contributed by atoms with van der Waals surface area (Å²) in [5, 5.41) is 11.3. The van der Waals surface area contributed by atoms with E-state index in [0.717, 1.165) is 5.69 Å². The van der Waals surface area contributed by atoms with Crippen LogP contribution in [0.3, 0.4) is 0 Å². The van der Waals surface area contributed by atoms with E-state index in [1.165, 1.54) is 0 Å². The zero-order valence-electron chi connectivity index (χ0n) is 11.1. The molecule has 0 aliphatic carbocycles. The summed E-state index contributed by atoms with van der Waals surface area (Å²) >= 11 is 0. The van der Waals surface area contributed by atoms with Gasteiger partial charge in [0.05, 0.1) is 24.0 Å². The molecule has 1 aromatic heterocycles. The number of rotatable bonds is 7. The first-order chi connectivity index (χ1) is 8.39. The van der Waals surface area contributed by atoms with Crippen LogP contribution < -0.4 is 11.1 Å². The normalized spacial score (nSPS) is 11.7. The molecule has 0 saturated carbocycles. The lowest BCUT2D eigenvalue weighted by Gasteiger charge is -2.17. The lowest BCUT2D eigenvalue weighted by Crippen LogP contribution is -2.24. The maximum Gasteiger partial charge on any atom is 0.243 e. The quantitative estimate of drug-likeness (QED) is 0.648. The average Bonchev–Trinajstić information content (AvgIpc) is 2.71. The van der Waals surface area contributed by atoms with Crippen LogP contribution in [0.2, 0.25) is 0 Å². The highest BCUT2D eigenvalue weighted by atomic mass is 16.5. The topological polar surface area (TPSA) is 95.1 Å². The van der Waals surface area contributed by atoms with Crippen LogP contribution in [0.15, 0.2) is 6.20 Å². The number of primary amides is 1. The summed E-state index contributed by atoms with van der Waals surface area (Å²) in [6.45, 7) is 7.85. The van der Waals surface area contributed by atoms with Crippen LogP contribution in [0.4, 0.5) is 0 Å². The van der Waals surface area contributed by atoms with Crippen molar-refractivity contribution in [2.24, 2.45) is 5.73 Å². The predicted molar refractivity (Wildman–Crippen MR) is 66.7 cm³/mol. The molecule has 7 heteroatoms. The summed E-state index contributed by atoms with van der Waals surface area (Å²) in [5.74, 6) is -0.455. The Morgan fingerprint density at radius 3 is 2.83 bits per heavy atom. The number of hydrogen-bond acceptors (Lipinski definition) is 5. The van der Waals surface area contributed by atoms with E-state index < -0.39 is 5.91 Å². The molecule has 0 bridgehead atoms. The Labute approximate surface area is 107 Å². The molecule has 0 aliphatic heterocycles. The second kappa shape index (κ2) is 6.46. The van der Waals surface area contributed by atoms with E-state index in [9.17, 15) is 4.79 Å². The molecular weight excluding hydrogens is 234 g/mol. The van der Waals surface area contributed by atoms with Crippen molar-refractivity contribution in [2.45, 2.75) is 32.9 Å². The summed E-state index contributed by atoms with van der Waals surface area (Å²) in [5.41, 5.74) is 5.75. The number of nitrogens with two attached hydrogens (primary N) is 1. The Morgan fingerprint density at radius 2 is 2.28 bits per heavy atom. The Kier molecular flexibility index (Phi) is 5.24. The van der Waals surface area contributed by atoms with Crippen molar-refractivity contribution in [3.05, 3.63) is 11.9 Å². The van der Waals surface area contributed by atoms with E-state index in [1.807, 2.05) is 10.9 Å². The third-order valence-electron chi connectivity index (χ3n) is 2.20. The Morgan fingerprint density at radius 1 is 1.56 bits per heavy atom. The summed E-state index contributed by atoms with van der Waals surface area (Å²) in [6.07, 6.45) is 1.91. The number of nitrogens with one attached hydrogen (secondary N) is 1. The molecule has 1 amide bonds. The second-order valence-corrected chi connectivity index (χ2v) is 5.02. The monoisotopic (exact) mass is 255 g/mol. The summed E-state index contributed by atoms with van der Waals surface area (Å²) in [7, 11) is 0. The van der Waals surface area contributed by atoms with Gasteiger partial charge in [0.1, 0.15) is 6.61 Å². The molecule has 102 valence electrons. The smallest absolute Gasteiger partial charge is 0.243 e. The second-order valence-electron chi connectivity index (χ2n) is 5.02. The maximum absolute atomic E-state index is 10.4.